The molecule has 0 aliphatic rings. The van der Waals surface area contributed by atoms with Gasteiger partial charge >= 0.3 is 0 Å². The van der Waals surface area contributed by atoms with E-state index in [0.29, 0.717) is 0 Å². The minimum Gasteiger partial charge on any atom is -0.398 e. The summed E-state index contributed by atoms with van der Waals surface area (Å²) in [4.78, 5) is 5.41. The number of anilines is 3. The summed E-state index contributed by atoms with van der Waals surface area (Å²) in [6, 6.07) is 14.1. The lowest BCUT2D eigenvalue weighted by Gasteiger charge is -2.13. The van der Waals surface area contributed by atoms with Gasteiger partial charge in [-0.3, -0.25) is 4.98 Å². The molecule has 0 amide bonds. The second-order valence-corrected chi connectivity index (χ2v) is 5.30. The highest BCUT2D eigenvalue weighted by molar-refractivity contribution is 7.98. The van der Waals surface area contributed by atoms with Crippen molar-refractivity contribution in [2.75, 3.05) is 17.3 Å². The molecule has 0 spiro atoms. The molecular weight excluding hydrogens is 266 g/mol. The Morgan fingerprint density at radius 2 is 1.85 bits per heavy atom. The predicted molar refractivity (Wildman–Crippen MR) is 87.7 cm³/mol. The Bertz CT molecular complexity index is 756. The van der Waals surface area contributed by atoms with Gasteiger partial charge in [0.1, 0.15) is 0 Å². The minimum absolute atomic E-state index is 0.770. The third kappa shape index (κ3) is 2.30. The van der Waals surface area contributed by atoms with Crippen molar-refractivity contribution in [3.05, 3.63) is 54.9 Å². The number of nitrogens with zero attached hydrogens (tertiary/aromatic N) is 1. The molecule has 0 aliphatic heterocycles. The van der Waals surface area contributed by atoms with E-state index in [1.54, 1.807) is 18.0 Å². The fourth-order valence-electron chi connectivity index (χ4n) is 2.22. The Hall–Kier alpha value is -2.20. The number of rotatable bonds is 3. The number of thioether (sulfide) groups is 1. The summed E-state index contributed by atoms with van der Waals surface area (Å²) >= 11 is 1.72. The topological polar surface area (TPSA) is 50.9 Å². The van der Waals surface area contributed by atoms with Gasteiger partial charge in [-0.1, -0.05) is 12.1 Å². The van der Waals surface area contributed by atoms with E-state index < -0.39 is 0 Å². The number of aromatic nitrogens is 1. The van der Waals surface area contributed by atoms with Gasteiger partial charge in [0.25, 0.3) is 0 Å². The zero-order valence-corrected chi connectivity index (χ0v) is 11.9. The molecule has 100 valence electrons. The van der Waals surface area contributed by atoms with Crippen LogP contribution in [0, 0.1) is 0 Å². The van der Waals surface area contributed by atoms with Crippen molar-refractivity contribution in [2.24, 2.45) is 0 Å². The lowest BCUT2D eigenvalue weighted by atomic mass is 10.1. The number of para-hydroxylation sites is 1. The number of hydrogen-bond acceptors (Lipinski definition) is 4. The van der Waals surface area contributed by atoms with Gasteiger partial charge in [0.05, 0.1) is 5.69 Å². The largest absolute Gasteiger partial charge is 0.398 e. The molecule has 3 nitrogen and oxygen atoms in total. The number of nitrogen functional groups attached to an aromatic ring is 1. The van der Waals surface area contributed by atoms with Crippen LogP contribution in [0.3, 0.4) is 0 Å². The Morgan fingerprint density at radius 1 is 1.00 bits per heavy atom. The van der Waals surface area contributed by atoms with E-state index in [0.717, 1.165) is 27.8 Å². The predicted octanol–water partition coefficient (Wildman–Crippen LogP) is 4.28. The number of fused-ring (bicyclic) bond motifs is 1. The van der Waals surface area contributed by atoms with Crippen molar-refractivity contribution in [1.82, 2.24) is 4.98 Å². The molecule has 0 aliphatic carbocycles. The van der Waals surface area contributed by atoms with Gasteiger partial charge in [0.15, 0.2) is 0 Å². The molecule has 2 aromatic carbocycles. The average molecular weight is 281 g/mol. The SMILES string of the molecule is CSc1ccccc1Nc1ccc(N)c2ccncc12. The fourth-order valence-corrected chi connectivity index (χ4v) is 2.77. The molecule has 0 radical (unpaired) electrons. The Kier molecular flexibility index (Phi) is 3.48. The molecule has 0 fully saturated rings. The van der Waals surface area contributed by atoms with E-state index in [1.807, 2.05) is 36.5 Å². The highest BCUT2D eigenvalue weighted by Crippen LogP contribution is 2.32. The summed E-state index contributed by atoms with van der Waals surface area (Å²) in [6.45, 7) is 0. The highest BCUT2D eigenvalue weighted by atomic mass is 32.2. The van der Waals surface area contributed by atoms with Crippen LogP contribution in [-0.4, -0.2) is 11.2 Å². The van der Waals surface area contributed by atoms with Gasteiger partial charge in [0.2, 0.25) is 0 Å². The molecule has 1 heterocycles. The van der Waals surface area contributed by atoms with E-state index in [2.05, 4.69) is 28.7 Å². The molecule has 20 heavy (non-hydrogen) atoms. The quantitative estimate of drug-likeness (QED) is 0.555. The van der Waals surface area contributed by atoms with Gasteiger partial charge in [-0.2, -0.15) is 0 Å². The first-order chi connectivity index (χ1) is 9.79. The molecule has 3 rings (SSSR count). The van der Waals surface area contributed by atoms with Crippen molar-refractivity contribution >= 4 is 39.6 Å². The molecule has 0 saturated carbocycles. The van der Waals surface area contributed by atoms with E-state index in [1.165, 1.54) is 4.90 Å². The summed E-state index contributed by atoms with van der Waals surface area (Å²) in [5.74, 6) is 0. The summed E-state index contributed by atoms with van der Waals surface area (Å²) in [7, 11) is 0. The monoisotopic (exact) mass is 281 g/mol. The molecule has 0 atom stereocenters. The normalized spacial score (nSPS) is 10.7. The van der Waals surface area contributed by atoms with Crippen molar-refractivity contribution in [3.63, 3.8) is 0 Å². The molecule has 0 bridgehead atoms. The minimum atomic E-state index is 0.770. The zero-order chi connectivity index (χ0) is 13.9. The second-order valence-electron chi connectivity index (χ2n) is 4.45. The zero-order valence-electron chi connectivity index (χ0n) is 11.1. The van der Waals surface area contributed by atoms with Crippen molar-refractivity contribution in [2.45, 2.75) is 4.90 Å². The van der Waals surface area contributed by atoms with E-state index >= 15 is 0 Å². The van der Waals surface area contributed by atoms with Crippen LogP contribution in [0.4, 0.5) is 17.1 Å². The van der Waals surface area contributed by atoms with Crippen molar-refractivity contribution in [3.8, 4) is 0 Å². The lowest BCUT2D eigenvalue weighted by molar-refractivity contribution is 1.36. The molecule has 0 unspecified atom stereocenters. The maximum absolute atomic E-state index is 6.01. The van der Waals surface area contributed by atoms with Crippen LogP contribution in [0.1, 0.15) is 0 Å². The van der Waals surface area contributed by atoms with E-state index in [4.69, 9.17) is 5.73 Å². The number of benzene rings is 2. The fraction of sp³-hybridized carbons (Fsp3) is 0.0625. The maximum atomic E-state index is 6.01. The number of nitrogens with two attached hydrogens (primary N) is 1. The average Bonchev–Trinajstić information content (AvgIpc) is 2.51. The first-order valence-electron chi connectivity index (χ1n) is 6.32. The first kappa shape index (κ1) is 12.8. The maximum Gasteiger partial charge on any atom is 0.0522 e. The smallest absolute Gasteiger partial charge is 0.0522 e. The van der Waals surface area contributed by atoms with Crippen LogP contribution in [-0.2, 0) is 0 Å². The van der Waals surface area contributed by atoms with Gasteiger partial charge < -0.3 is 11.1 Å². The molecule has 1 aromatic heterocycles. The van der Waals surface area contributed by atoms with Gasteiger partial charge in [-0.25, -0.2) is 0 Å². The highest BCUT2D eigenvalue weighted by Gasteiger charge is 2.06. The molecule has 3 N–H and O–H groups in total. The Morgan fingerprint density at radius 3 is 2.70 bits per heavy atom. The number of hydrogen-bond donors (Lipinski definition) is 2. The van der Waals surface area contributed by atoms with Crippen LogP contribution in [0.5, 0.6) is 0 Å². The third-order valence-electron chi connectivity index (χ3n) is 3.23. The van der Waals surface area contributed by atoms with Crippen LogP contribution < -0.4 is 11.1 Å². The van der Waals surface area contributed by atoms with Gasteiger partial charge in [-0.05, 0) is 36.6 Å². The molecule has 0 saturated heterocycles. The molecule has 4 heteroatoms. The van der Waals surface area contributed by atoms with E-state index in [-0.39, 0.29) is 0 Å². The lowest BCUT2D eigenvalue weighted by Crippen LogP contribution is -1.95. The summed E-state index contributed by atoms with van der Waals surface area (Å²) in [5, 5.41) is 5.53. The molecule has 3 aromatic rings. The van der Waals surface area contributed by atoms with Crippen molar-refractivity contribution < 1.29 is 0 Å². The van der Waals surface area contributed by atoms with Gasteiger partial charge in [-0.15, -0.1) is 11.8 Å². The van der Waals surface area contributed by atoms with Crippen LogP contribution in [0.2, 0.25) is 0 Å². The summed E-state index contributed by atoms with van der Waals surface area (Å²) in [5.41, 5.74) is 8.89. The Balaban J connectivity index is 2.09. The van der Waals surface area contributed by atoms with Crippen molar-refractivity contribution in [1.29, 1.82) is 0 Å². The number of nitrogens with one attached hydrogen (secondary N) is 1. The van der Waals surface area contributed by atoms with Crippen LogP contribution in [0.25, 0.3) is 10.8 Å². The van der Waals surface area contributed by atoms with Gasteiger partial charge in [0, 0.05) is 39.4 Å². The second kappa shape index (κ2) is 5.43. The first-order valence-corrected chi connectivity index (χ1v) is 7.54. The summed E-state index contributed by atoms with van der Waals surface area (Å²) < 4.78 is 0. The Labute approximate surface area is 122 Å². The third-order valence-corrected chi connectivity index (χ3v) is 4.02. The standard InChI is InChI=1S/C16H15N3S/c1-20-16-5-3-2-4-15(16)19-14-7-6-13(17)11-8-9-18-10-12(11)14/h2-10,19H,17H2,1H3. The van der Waals surface area contributed by atoms with Crippen LogP contribution in [0.15, 0.2) is 59.8 Å². The van der Waals surface area contributed by atoms with Crippen LogP contribution >= 0.6 is 11.8 Å². The summed E-state index contributed by atoms with van der Waals surface area (Å²) in [6.07, 6.45) is 5.68. The molecular formula is C16H15N3S. The number of pyridine rings is 1. The van der Waals surface area contributed by atoms with E-state index in [9.17, 15) is 0 Å².